The first-order valence-electron chi connectivity index (χ1n) is 6.51. The Morgan fingerprint density at radius 3 is 2.58 bits per heavy atom. The topological polar surface area (TPSA) is 12.0 Å². The highest BCUT2D eigenvalue weighted by Gasteiger charge is 2.20. The molecule has 0 aliphatic heterocycles. The Hall–Kier alpha value is -1.38. The van der Waals surface area contributed by atoms with Gasteiger partial charge in [-0.2, -0.15) is 0 Å². The summed E-state index contributed by atoms with van der Waals surface area (Å²) in [6, 6.07) is 13.3. The van der Waals surface area contributed by atoms with Gasteiger partial charge in [0.1, 0.15) is 5.82 Å². The van der Waals surface area contributed by atoms with Gasteiger partial charge in [0.2, 0.25) is 0 Å². The van der Waals surface area contributed by atoms with E-state index in [2.05, 4.69) is 5.32 Å². The third-order valence-electron chi connectivity index (χ3n) is 3.37. The maximum atomic E-state index is 14.2. The highest BCUT2D eigenvalue weighted by Crippen LogP contribution is 2.30. The SMILES string of the molecule is Fc1cc(CNC2CC2)ccc1-c1ccccc1Cl. The van der Waals surface area contributed by atoms with Crippen molar-refractivity contribution >= 4 is 11.6 Å². The summed E-state index contributed by atoms with van der Waals surface area (Å²) in [7, 11) is 0. The Labute approximate surface area is 117 Å². The minimum Gasteiger partial charge on any atom is -0.310 e. The first-order valence-corrected chi connectivity index (χ1v) is 6.88. The van der Waals surface area contributed by atoms with Gasteiger partial charge >= 0.3 is 0 Å². The van der Waals surface area contributed by atoms with Crippen molar-refractivity contribution in [2.45, 2.75) is 25.4 Å². The Balaban J connectivity index is 1.84. The van der Waals surface area contributed by atoms with Crippen LogP contribution in [0.2, 0.25) is 5.02 Å². The number of rotatable bonds is 4. The third kappa shape index (κ3) is 2.96. The van der Waals surface area contributed by atoms with Gasteiger partial charge in [-0.15, -0.1) is 0 Å². The van der Waals surface area contributed by atoms with Gasteiger partial charge in [0.05, 0.1) is 0 Å². The monoisotopic (exact) mass is 275 g/mol. The van der Waals surface area contributed by atoms with E-state index in [0.717, 1.165) is 17.7 Å². The Morgan fingerprint density at radius 1 is 1.11 bits per heavy atom. The molecule has 98 valence electrons. The van der Waals surface area contributed by atoms with Crippen LogP contribution in [0.3, 0.4) is 0 Å². The molecule has 2 aromatic rings. The first-order chi connectivity index (χ1) is 9.24. The summed E-state index contributed by atoms with van der Waals surface area (Å²) in [5.74, 6) is -0.219. The molecule has 0 aromatic heterocycles. The Kier molecular flexibility index (Phi) is 3.54. The molecular formula is C16H15ClFN. The van der Waals surface area contributed by atoms with Crippen LogP contribution in [0.15, 0.2) is 42.5 Å². The molecule has 0 bridgehead atoms. The summed E-state index contributed by atoms with van der Waals surface area (Å²) >= 11 is 6.10. The molecule has 0 heterocycles. The summed E-state index contributed by atoms with van der Waals surface area (Å²) in [4.78, 5) is 0. The van der Waals surface area contributed by atoms with Crippen molar-refractivity contribution in [3.05, 3.63) is 58.9 Å². The minimum atomic E-state index is -0.219. The molecule has 1 aliphatic rings. The number of halogens is 2. The molecule has 19 heavy (non-hydrogen) atoms. The van der Waals surface area contributed by atoms with E-state index in [1.54, 1.807) is 18.2 Å². The van der Waals surface area contributed by atoms with Crippen LogP contribution in [0.5, 0.6) is 0 Å². The lowest BCUT2D eigenvalue weighted by atomic mass is 10.0. The largest absolute Gasteiger partial charge is 0.310 e. The summed E-state index contributed by atoms with van der Waals surface area (Å²) in [6.07, 6.45) is 2.47. The van der Waals surface area contributed by atoms with Gasteiger partial charge in [-0.1, -0.05) is 41.9 Å². The van der Waals surface area contributed by atoms with Gasteiger partial charge in [0, 0.05) is 28.7 Å². The lowest BCUT2D eigenvalue weighted by molar-refractivity contribution is 0.623. The number of nitrogens with one attached hydrogen (secondary N) is 1. The number of hydrogen-bond acceptors (Lipinski definition) is 1. The molecule has 2 aromatic carbocycles. The van der Waals surface area contributed by atoms with Crippen LogP contribution in [-0.4, -0.2) is 6.04 Å². The normalized spacial score (nSPS) is 14.6. The lowest BCUT2D eigenvalue weighted by Gasteiger charge is -2.08. The third-order valence-corrected chi connectivity index (χ3v) is 3.70. The Bertz CT molecular complexity index is 593. The second-order valence-electron chi connectivity index (χ2n) is 4.95. The highest BCUT2D eigenvalue weighted by molar-refractivity contribution is 6.33. The maximum absolute atomic E-state index is 14.2. The molecule has 1 aliphatic carbocycles. The van der Waals surface area contributed by atoms with E-state index >= 15 is 0 Å². The molecule has 1 saturated carbocycles. The average Bonchev–Trinajstić information content (AvgIpc) is 3.22. The fraction of sp³-hybridized carbons (Fsp3) is 0.250. The molecule has 0 radical (unpaired) electrons. The van der Waals surface area contributed by atoms with Gasteiger partial charge in [-0.3, -0.25) is 0 Å². The van der Waals surface area contributed by atoms with Crippen LogP contribution in [0, 0.1) is 5.82 Å². The minimum absolute atomic E-state index is 0.219. The number of hydrogen-bond donors (Lipinski definition) is 1. The van der Waals surface area contributed by atoms with E-state index in [4.69, 9.17) is 11.6 Å². The van der Waals surface area contributed by atoms with Crippen molar-refractivity contribution < 1.29 is 4.39 Å². The highest BCUT2D eigenvalue weighted by atomic mass is 35.5. The van der Waals surface area contributed by atoms with E-state index in [9.17, 15) is 4.39 Å². The van der Waals surface area contributed by atoms with E-state index in [-0.39, 0.29) is 5.82 Å². The average molecular weight is 276 g/mol. The van der Waals surface area contributed by atoms with Gasteiger partial charge in [0.25, 0.3) is 0 Å². The van der Waals surface area contributed by atoms with Crippen molar-refractivity contribution in [2.75, 3.05) is 0 Å². The summed E-state index contributed by atoms with van der Waals surface area (Å²) < 4.78 is 14.2. The summed E-state index contributed by atoms with van der Waals surface area (Å²) in [6.45, 7) is 0.727. The lowest BCUT2D eigenvalue weighted by Crippen LogP contribution is -2.15. The van der Waals surface area contributed by atoms with Crippen molar-refractivity contribution in [1.29, 1.82) is 0 Å². The van der Waals surface area contributed by atoms with E-state index in [1.807, 2.05) is 24.3 Å². The molecule has 1 N–H and O–H groups in total. The van der Waals surface area contributed by atoms with E-state index in [1.165, 1.54) is 12.8 Å². The van der Waals surface area contributed by atoms with Crippen molar-refractivity contribution in [1.82, 2.24) is 5.32 Å². The van der Waals surface area contributed by atoms with Crippen LogP contribution in [0.1, 0.15) is 18.4 Å². The van der Waals surface area contributed by atoms with Gasteiger partial charge < -0.3 is 5.32 Å². The van der Waals surface area contributed by atoms with Gasteiger partial charge in [-0.25, -0.2) is 4.39 Å². The molecule has 0 unspecified atom stereocenters. The zero-order chi connectivity index (χ0) is 13.2. The molecule has 1 fully saturated rings. The first kappa shape index (κ1) is 12.6. The number of benzene rings is 2. The van der Waals surface area contributed by atoms with Crippen LogP contribution in [0.4, 0.5) is 4.39 Å². The predicted molar refractivity (Wildman–Crippen MR) is 76.7 cm³/mol. The molecule has 0 spiro atoms. The van der Waals surface area contributed by atoms with Crippen LogP contribution in [-0.2, 0) is 6.54 Å². The molecule has 0 amide bonds. The van der Waals surface area contributed by atoms with Crippen LogP contribution >= 0.6 is 11.6 Å². The molecule has 0 saturated heterocycles. The van der Waals surface area contributed by atoms with Gasteiger partial charge in [-0.05, 0) is 30.5 Å². The predicted octanol–water partition coefficient (Wildman–Crippen LogP) is 4.40. The molecular weight excluding hydrogens is 261 g/mol. The summed E-state index contributed by atoms with van der Waals surface area (Å²) in [5, 5.41) is 3.95. The molecule has 3 heteroatoms. The second-order valence-corrected chi connectivity index (χ2v) is 5.36. The molecule has 1 nitrogen and oxygen atoms in total. The van der Waals surface area contributed by atoms with E-state index in [0.29, 0.717) is 16.6 Å². The second kappa shape index (κ2) is 5.32. The van der Waals surface area contributed by atoms with Crippen molar-refractivity contribution in [3.63, 3.8) is 0 Å². The molecule has 0 atom stereocenters. The molecule has 3 rings (SSSR count). The summed E-state index contributed by atoms with van der Waals surface area (Å²) in [5.41, 5.74) is 2.27. The zero-order valence-electron chi connectivity index (χ0n) is 10.5. The standard InChI is InChI=1S/C16H15ClFN/c17-15-4-2-1-3-13(15)14-8-5-11(9-16(14)18)10-19-12-6-7-12/h1-5,8-9,12,19H,6-7,10H2. The fourth-order valence-corrected chi connectivity index (χ4v) is 2.35. The van der Waals surface area contributed by atoms with E-state index < -0.39 is 0 Å². The van der Waals surface area contributed by atoms with Gasteiger partial charge in [0.15, 0.2) is 0 Å². The smallest absolute Gasteiger partial charge is 0.131 e. The van der Waals surface area contributed by atoms with Crippen molar-refractivity contribution in [3.8, 4) is 11.1 Å². The zero-order valence-corrected chi connectivity index (χ0v) is 11.3. The van der Waals surface area contributed by atoms with Crippen LogP contribution < -0.4 is 5.32 Å². The fourth-order valence-electron chi connectivity index (χ4n) is 2.12. The Morgan fingerprint density at radius 2 is 1.89 bits per heavy atom. The van der Waals surface area contributed by atoms with Crippen LogP contribution in [0.25, 0.3) is 11.1 Å². The quantitative estimate of drug-likeness (QED) is 0.872. The maximum Gasteiger partial charge on any atom is 0.131 e. The van der Waals surface area contributed by atoms with Crippen molar-refractivity contribution in [2.24, 2.45) is 0 Å².